The second kappa shape index (κ2) is 6.51. The molecule has 0 spiro atoms. The van der Waals surface area contributed by atoms with Gasteiger partial charge in [-0.3, -0.25) is 9.59 Å². The molecule has 1 aromatic heterocycles. The molecule has 0 radical (unpaired) electrons. The van der Waals surface area contributed by atoms with E-state index in [0.717, 1.165) is 12.1 Å². The zero-order valence-corrected chi connectivity index (χ0v) is 12.8. The maximum Gasteiger partial charge on any atom is 0.417 e. The van der Waals surface area contributed by atoms with Crippen molar-refractivity contribution in [1.82, 2.24) is 4.98 Å². The average Bonchev–Trinajstić information content (AvgIpc) is 3.06. The molecule has 0 fully saturated rings. The molecule has 2 aromatic carbocycles. The van der Waals surface area contributed by atoms with Crippen molar-refractivity contribution in [1.29, 1.82) is 0 Å². The number of alkyl halides is 3. The number of rotatable bonds is 5. The first-order valence-corrected chi connectivity index (χ1v) is 7.42. The Bertz CT molecular complexity index is 944. The highest BCUT2D eigenvalue weighted by Gasteiger charge is 2.34. The first-order valence-electron chi connectivity index (χ1n) is 7.42. The molecule has 0 aliphatic heterocycles. The van der Waals surface area contributed by atoms with Gasteiger partial charge in [0.25, 0.3) is 0 Å². The standard InChI is InChI=1S/C18H12F3NO3/c19-18(20,21)13-4-2-1-3-12(13)16(24)7-6-15(23)11-5-8-17-14(9-11)22-10-25-17/h1-5,8-10H,6-7H2. The molecule has 3 rings (SSSR count). The van der Waals surface area contributed by atoms with Crippen LogP contribution in [0.5, 0.6) is 0 Å². The van der Waals surface area contributed by atoms with Crippen LogP contribution in [-0.4, -0.2) is 16.6 Å². The molecule has 0 N–H and O–H groups in total. The minimum absolute atomic E-state index is 0.186. The monoisotopic (exact) mass is 347 g/mol. The number of carbonyl (C=O) groups is 2. The van der Waals surface area contributed by atoms with Crippen molar-refractivity contribution in [3.8, 4) is 0 Å². The minimum atomic E-state index is -4.62. The SMILES string of the molecule is O=C(CCC(=O)c1ccccc1C(F)(F)F)c1ccc2ocnc2c1. The molecule has 0 saturated carbocycles. The van der Waals surface area contributed by atoms with Gasteiger partial charge < -0.3 is 4.42 Å². The number of aromatic nitrogens is 1. The Morgan fingerprint density at radius 2 is 1.72 bits per heavy atom. The highest BCUT2D eigenvalue weighted by atomic mass is 19.4. The van der Waals surface area contributed by atoms with Crippen molar-refractivity contribution in [3.63, 3.8) is 0 Å². The summed E-state index contributed by atoms with van der Waals surface area (Å²) in [6.45, 7) is 0. The summed E-state index contributed by atoms with van der Waals surface area (Å²) in [6.07, 6.45) is -3.86. The highest BCUT2D eigenvalue weighted by Crippen LogP contribution is 2.32. The fourth-order valence-corrected chi connectivity index (χ4v) is 2.51. The number of oxazole rings is 1. The first-order chi connectivity index (χ1) is 11.9. The van der Waals surface area contributed by atoms with E-state index >= 15 is 0 Å². The summed E-state index contributed by atoms with van der Waals surface area (Å²) in [5.41, 5.74) is -0.0594. The molecule has 0 bridgehead atoms. The number of Topliss-reactive ketones (excluding diaryl/α,β-unsaturated/α-hetero) is 2. The van der Waals surface area contributed by atoms with Crippen LogP contribution < -0.4 is 0 Å². The van der Waals surface area contributed by atoms with Crippen LogP contribution in [0.25, 0.3) is 11.1 Å². The van der Waals surface area contributed by atoms with E-state index in [1.807, 2.05) is 0 Å². The van der Waals surface area contributed by atoms with Gasteiger partial charge in [0.1, 0.15) is 5.52 Å². The fourth-order valence-electron chi connectivity index (χ4n) is 2.51. The van der Waals surface area contributed by atoms with E-state index in [1.54, 1.807) is 6.07 Å². The Kier molecular flexibility index (Phi) is 4.39. The van der Waals surface area contributed by atoms with Crippen LogP contribution in [0.2, 0.25) is 0 Å². The molecule has 0 atom stereocenters. The van der Waals surface area contributed by atoms with E-state index in [-0.39, 0.29) is 18.6 Å². The predicted molar refractivity (Wildman–Crippen MR) is 83.3 cm³/mol. The fraction of sp³-hybridized carbons (Fsp3) is 0.167. The van der Waals surface area contributed by atoms with Crippen LogP contribution in [0, 0.1) is 0 Å². The van der Waals surface area contributed by atoms with Crippen molar-refractivity contribution in [2.45, 2.75) is 19.0 Å². The van der Waals surface area contributed by atoms with Crippen LogP contribution in [0.3, 0.4) is 0 Å². The maximum absolute atomic E-state index is 13.0. The van der Waals surface area contributed by atoms with Crippen molar-refractivity contribution in [2.24, 2.45) is 0 Å². The zero-order chi connectivity index (χ0) is 18.0. The van der Waals surface area contributed by atoms with E-state index in [0.29, 0.717) is 16.7 Å². The summed E-state index contributed by atoms with van der Waals surface area (Å²) >= 11 is 0. The Morgan fingerprint density at radius 3 is 2.48 bits per heavy atom. The molecule has 0 aliphatic carbocycles. The van der Waals surface area contributed by atoms with Crippen molar-refractivity contribution >= 4 is 22.7 Å². The van der Waals surface area contributed by atoms with Crippen LogP contribution in [0.1, 0.15) is 39.1 Å². The van der Waals surface area contributed by atoms with E-state index in [4.69, 9.17) is 4.42 Å². The van der Waals surface area contributed by atoms with Crippen LogP contribution in [0.15, 0.2) is 53.3 Å². The first kappa shape index (κ1) is 16.9. The summed E-state index contributed by atoms with van der Waals surface area (Å²) in [5, 5.41) is 0. The largest absolute Gasteiger partial charge is 0.443 e. The molecule has 3 aromatic rings. The highest BCUT2D eigenvalue weighted by molar-refractivity contribution is 6.03. The van der Waals surface area contributed by atoms with Gasteiger partial charge in [-0.05, 0) is 24.3 Å². The Balaban J connectivity index is 1.73. The van der Waals surface area contributed by atoms with E-state index < -0.39 is 23.1 Å². The third-order valence-corrected chi connectivity index (χ3v) is 3.76. The Morgan fingerprint density at radius 1 is 1.00 bits per heavy atom. The quantitative estimate of drug-likeness (QED) is 0.628. The second-order valence-corrected chi connectivity index (χ2v) is 5.42. The predicted octanol–water partition coefficient (Wildman–Crippen LogP) is 4.69. The lowest BCUT2D eigenvalue weighted by Crippen LogP contribution is -2.14. The van der Waals surface area contributed by atoms with E-state index in [9.17, 15) is 22.8 Å². The maximum atomic E-state index is 13.0. The molecule has 0 unspecified atom stereocenters. The number of halogens is 3. The smallest absolute Gasteiger partial charge is 0.417 e. The van der Waals surface area contributed by atoms with Crippen LogP contribution in [-0.2, 0) is 6.18 Å². The lowest BCUT2D eigenvalue weighted by atomic mass is 9.97. The van der Waals surface area contributed by atoms with Gasteiger partial charge in [0, 0.05) is 24.0 Å². The summed E-state index contributed by atoms with van der Waals surface area (Å²) in [7, 11) is 0. The van der Waals surface area contributed by atoms with Crippen LogP contribution >= 0.6 is 0 Å². The van der Waals surface area contributed by atoms with Crippen LogP contribution in [0.4, 0.5) is 13.2 Å². The molecule has 7 heteroatoms. The van der Waals surface area contributed by atoms with Gasteiger partial charge >= 0.3 is 6.18 Å². The van der Waals surface area contributed by atoms with Gasteiger partial charge in [-0.2, -0.15) is 13.2 Å². The second-order valence-electron chi connectivity index (χ2n) is 5.42. The molecule has 0 saturated heterocycles. The zero-order valence-electron chi connectivity index (χ0n) is 12.8. The van der Waals surface area contributed by atoms with E-state index in [2.05, 4.69) is 4.98 Å². The third-order valence-electron chi connectivity index (χ3n) is 3.76. The van der Waals surface area contributed by atoms with Gasteiger partial charge in [-0.1, -0.05) is 18.2 Å². The number of benzene rings is 2. The molecule has 1 heterocycles. The van der Waals surface area contributed by atoms with Gasteiger partial charge in [0.2, 0.25) is 0 Å². The lowest BCUT2D eigenvalue weighted by molar-refractivity contribution is -0.137. The third kappa shape index (κ3) is 3.60. The minimum Gasteiger partial charge on any atom is -0.443 e. The number of hydrogen-bond donors (Lipinski definition) is 0. The summed E-state index contributed by atoms with van der Waals surface area (Å²) in [5.74, 6) is -1.06. The number of hydrogen-bond acceptors (Lipinski definition) is 4. The molecule has 4 nitrogen and oxygen atoms in total. The number of fused-ring (bicyclic) bond motifs is 1. The average molecular weight is 347 g/mol. The van der Waals surface area contributed by atoms with Gasteiger partial charge in [0.15, 0.2) is 23.5 Å². The molecule has 0 aliphatic rings. The molecular formula is C18H12F3NO3. The molecular weight excluding hydrogens is 335 g/mol. The molecule has 0 amide bonds. The normalized spacial score (nSPS) is 11.6. The summed E-state index contributed by atoms with van der Waals surface area (Å²) in [4.78, 5) is 28.3. The number of carbonyl (C=O) groups excluding carboxylic acids is 2. The number of ketones is 2. The van der Waals surface area contributed by atoms with Crippen molar-refractivity contribution in [2.75, 3.05) is 0 Å². The lowest BCUT2D eigenvalue weighted by Gasteiger charge is -2.11. The Hall–Kier alpha value is -2.96. The van der Waals surface area contributed by atoms with Gasteiger partial charge in [-0.25, -0.2) is 4.98 Å². The van der Waals surface area contributed by atoms with Gasteiger partial charge in [0.05, 0.1) is 5.56 Å². The molecule has 25 heavy (non-hydrogen) atoms. The summed E-state index contributed by atoms with van der Waals surface area (Å²) in [6, 6.07) is 9.20. The van der Waals surface area contributed by atoms with Gasteiger partial charge in [-0.15, -0.1) is 0 Å². The topological polar surface area (TPSA) is 60.2 Å². The van der Waals surface area contributed by atoms with Crippen molar-refractivity contribution < 1.29 is 27.2 Å². The molecule has 128 valence electrons. The van der Waals surface area contributed by atoms with Crippen molar-refractivity contribution in [3.05, 3.63) is 65.5 Å². The Labute approximate surface area is 140 Å². The van der Waals surface area contributed by atoms with E-state index in [1.165, 1.54) is 30.7 Å². The summed E-state index contributed by atoms with van der Waals surface area (Å²) < 4.78 is 43.9. The number of nitrogens with zero attached hydrogens (tertiary/aromatic N) is 1.